The molecular weight excluding hydrogens is 476 g/mol. The van der Waals surface area contributed by atoms with Gasteiger partial charge in [0.25, 0.3) is 0 Å². The molecule has 0 heterocycles. The number of hydrogen-bond donors (Lipinski definition) is 2. The summed E-state index contributed by atoms with van der Waals surface area (Å²) in [4.78, 5) is 23.2. The van der Waals surface area contributed by atoms with Crippen LogP contribution in [-0.2, 0) is 14.3 Å². The maximum absolute atomic E-state index is 12.2. The number of fused-ring (bicyclic) bond motifs is 5. The summed E-state index contributed by atoms with van der Waals surface area (Å²) < 4.78 is 5.57. The number of aliphatic hydroxyl groups excluding tert-OH is 1. The third-order valence-corrected chi connectivity index (χ3v) is 11.7. The number of carboxylic acids is 1. The van der Waals surface area contributed by atoms with Crippen molar-refractivity contribution >= 4 is 11.9 Å². The second kappa shape index (κ2) is 10.3. The van der Waals surface area contributed by atoms with E-state index in [-0.39, 0.29) is 33.7 Å². The lowest BCUT2D eigenvalue weighted by molar-refractivity contribution is -0.153. The van der Waals surface area contributed by atoms with Crippen molar-refractivity contribution in [1.29, 1.82) is 0 Å². The second-order valence-corrected chi connectivity index (χ2v) is 14.3. The van der Waals surface area contributed by atoms with Gasteiger partial charge in [0.2, 0.25) is 0 Å². The predicted octanol–water partition coefficient (Wildman–Crippen LogP) is 7.25. The van der Waals surface area contributed by atoms with Crippen molar-refractivity contribution in [2.75, 3.05) is 6.61 Å². The minimum Gasteiger partial charge on any atom is -0.481 e. The van der Waals surface area contributed by atoms with Crippen LogP contribution in [0.3, 0.4) is 0 Å². The zero-order valence-electron chi connectivity index (χ0n) is 24.7. The number of carbonyl (C=O) groups excluding carboxylic acids is 1. The van der Waals surface area contributed by atoms with Crippen LogP contribution in [0.1, 0.15) is 106 Å². The fourth-order valence-electron chi connectivity index (χ4n) is 9.15. The highest BCUT2D eigenvalue weighted by Crippen LogP contribution is 2.71. The van der Waals surface area contributed by atoms with Crippen LogP contribution in [0.25, 0.3) is 0 Å². The number of ether oxygens (including phenoxy) is 1. The number of aliphatic hydroxyl groups is 1. The molecular formula is C33H50O5. The molecule has 7 atom stereocenters. The van der Waals surface area contributed by atoms with Crippen molar-refractivity contribution in [2.24, 2.45) is 39.4 Å². The summed E-state index contributed by atoms with van der Waals surface area (Å²) in [5.74, 6) is -0.760. The number of rotatable bonds is 8. The van der Waals surface area contributed by atoms with Gasteiger partial charge in [0.1, 0.15) is 6.42 Å². The minimum atomic E-state index is -1.14. The fraction of sp³-hybridized carbons (Fsp3) is 0.758. The van der Waals surface area contributed by atoms with Crippen LogP contribution in [0.15, 0.2) is 34.9 Å². The quantitative estimate of drug-likeness (QED) is 0.198. The Morgan fingerprint density at radius 3 is 2.45 bits per heavy atom. The number of hydrogen-bond acceptors (Lipinski definition) is 4. The Morgan fingerprint density at radius 2 is 1.79 bits per heavy atom. The standard InChI is InChI=1S/C33H50O5/c1-21(2)9-8-10-22(20-38-29(37)19-28(35)36)23-13-17-33(7)25-11-12-26-30(3,4)27(34)15-16-31(26,5)24(25)14-18-32(23,33)6/h9,11,14,22-23,26-27,34H,8,10,12-13,15-20H2,1-7H3,(H,35,36)/t22-,23+,26-,27-,31+,32+,33-/m0/s1. The highest BCUT2D eigenvalue weighted by atomic mass is 16.5. The first-order chi connectivity index (χ1) is 17.7. The SMILES string of the molecule is CC(C)=CCC[C@@H](COC(=O)CC(=O)O)[C@H]1CC[C@@]2(C)C3=CC[C@H]4C(C)(C)[C@@H](O)CC[C@]4(C)C3=CC[C@]12C. The molecule has 0 aromatic rings. The molecule has 4 aliphatic rings. The van der Waals surface area contributed by atoms with Crippen LogP contribution < -0.4 is 0 Å². The van der Waals surface area contributed by atoms with Crippen molar-refractivity contribution in [3.63, 3.8) is 0 Å². The molecule has 0 aromatic carbocycles. The van der Waals surface area contributed by atoms with Gasteiger partial charge in [0.15, 0.2) is 0 Å². The molecule has 4 aliphatic carbocycles. The zero-order chi connectivity index (χ0) is 28.1. The van der Waals surface area contributed by atoms with Crippen molar-refractivity contribution in [3.8, 4) is 0 Å². The van der Waals surface area contributed by atoms with Gasteiger partial charge < -0.3 is 14.9 Å². The van der Waals surface area contributed by atoms with Crippen molar-refractivity contribution in [3.05, 3.63) is 34.9 Å². The van der Waals surface area contributed by atoms with Gasteiger partial charge in [-0.15, -0.1) is 0 Å². The van der Waals surface area contributed by atoms with E-state index in [0.29, 0.717) is 18.4 Å². The Morgan fingerprint density at radius 1 is 1.08 bits per heavy atom. The first-order valence-corrected chi connectivity index (χ1v) is 14.8. The van der Waals surface area contributed by atoms with Crippen molar-refractivity contribution in [2.45, 2.75) is 112 Å². The topological polar surface area (TPSA) is 83.8 Å². The predicted molar refractivity (Wildman–Crippen MR) is 150 cm³/mol. The third kappa shape index (κ3) is 4.71. The van der Waals surface area contributed by atoms with Crippen LogP contribution >= 0.6 is 0 Å². The van der Waals surface area contributed by atoms with E-state index >= 15 is 0 Å². The molecule has 0 aromatic heterocycles. The number of carbonyl (C=O) groups is 2. The zero-order valence-corrected chi connectivity index (χ0v) is 24.7. The molecule has 2 N–H and O–H groups in total. The van der Waals surface area contributed by atoms with Gasteiger partial charge in [-0.25, -0.2) is 0 Å². The van der Waals surface area contributed by atoms with Gasteiger partial charge in [0, 0.05) is 0 Å². The Hall–Kier alpha value is -1.88. The van der Waals surface area contributed by atoms with Crippen LogP contribution in [-0.4, -0.2) is 34.9 Å². The molecule has 0 aliphatic heterocycles. The molecule has 212 valence electrons. The van der Waals surface area contributed by atoms with E-state index < -0.39 is 18.4 Å². The normalized spacial score (nSPS) is 38.1. The molecule has 0 saturated heterocycles. The van der Waals surface area contributed by atoms with Gasteiger partial charge in [0.05, 0.1) is 12.7 Å². The lowest BCUT2D eigenvalue weighted by Gasteiger charge is -2.61. The molecule has 38 heavy (non-hydrogen) atoms. The number of carboxylic acid groups (broad SMARTS) is 1. The first-order valence-electron chi connectivity index (χ1n) is 14.8. The third-order valence-electron chi connectivity index (χ3n) is 11.7. The molecule has 5 heteroatoms. The van der Waals surface area contributed by atoms with E-state index in [2.05, 4.69) is 66.7 Å². The Labute approximate surface area is 229 Å². The molecule has 0 radical (unpaired) electrons. The summed E-state index contributed by atoms with van der Waals surface area (Å²) in [6.45, 7) is 16.4. The maximum atomic E-state index is 12.2. The van der Waals surface area contributed by atoms with Crippen LogP contribution in [0.5, 0.6) is 0 Å². The van der Waals surface area contributed by atoms with E-state index in [9.17, 15) is 14.7 Å². The maximum Gasteiger partial charge on any atom is 0.317 e. The molecule has 5 nitrogen and oxygen atoms in total. The number of aliphatic carboxylic acids is 1. The molecule has 0 bridgehead atoms. The Bertz CT molecular complexity index is 1050. The summed E-state index contributed by atoms with van der Waals surface area (Å²) in [6.07, 6.45) is 14.5. The average Bonchev–Trinajstić information content (AvgIpc) is 3.09. The lowest BCUT2D eigenvalue weighted by atomic mass is 9.44. The van der Waals surface area contributed by atoms with E-state index in [0.717, 1.165) is 51.4 Å². The van der Waals surface area contributed by atoms with Crippen molar-refractivity contribution < 1.29 is 24.5 Å². The summed E-state index contributed by atoms with van der Waals surface area (Å²) in [7, 11) is 0. The second-order valence-electron chi connectivity index (χ2n) is 14.3. The van der Waals surface area contributed by atoms with E-state index in [4.69, 9.17) is 9.84 Å². The molecule has 4 rings (SSSR count). The smallest absolute Gasteiger partial charge is 0.317 e. The average molecular weight is 527 g/mol. The van der Waals surface area contributed by atoms with E-state index in [1.54, 1.807) is 0 Å². The molecule has 0 unspecified atom stereocenters. The van der Waals surface area contributed by atoms with Gasteiger partial charge in [-0.2, -0.15) is 0 Å². The van der Waals surface area contributed by atoms with Gasteiger partial charge in [-0.05, 0) is 116 Å². The van der Waals surface area contributed by atoms with Crippen molar-refractivity contribution in [1.82, 2.24) is 0 Å². The summed E-state index contributed by atoms with van der Waals surface area (Å²) >= 11 is 0. The number of allylic oxidation sites excluding steroid dienone is 6. The van der Waals surface area contributed by atoms with Crippen LogP contribution in [0, 0.1) is 39.4 Å². The van der Waals surface area contributed by atoms with Crippen LogP contribution in [0.4, 0.5) is 0 Å². The highest BCUT2D eigenvalue weighted by Gasteiger charge is 2.63. The Kier molecular flexibility index (Phi) is 7.86. The Balaban J connectivity index is 1.64. The minimum absolute atomic E-state index is 0.0457. The summed E-state index contributed by atoms with van der Waals surface area (Å²) in [6, 6.07) is 0. The van der Waals surface area contributed by atoms with Crippen LogP contribution in [0.2, 0.25) is 0 Å². The highest BCUT2D eigenvalue weighted by molar-refractivity contribution is 5.90. The monoisotopic (exact) mass is 526 g/mol. The fourth-order valence-corrected chi connectivity index (χ4v) is 9.15. The first kappa shape index (κ1) is 29.1. The molecule has 2 saturated carbocycles. The lowest BCUT2D eigenvalue weighted by Crippen LogP contribution is -2.54. The summed E-state index contributed by atoms with van der Waals surface area (Å²) in [5, 5.41) is 19.9. The van der Waals surface area contributed by atoms with E-state index in [1.165, 1.54) is 16.7 Å². The molecule has 0 spiro atoms. The van der Waals surface area contributed by atoms with Gasteiger partial charge >= 0.3 is 11.9 Å². The molecule has 0 amide bonds. The summed E-state index contributed by atoms with van der Waals surface area (Å²) in [5.41, 5.74) is 4.43. The molecule has 2 fully saturated rings. The van der Waals surface area contributed by atoms with Gasteiger partial charge in [-0.1, -0.05) is 58.4 Å². The number of esters is 1. The van der Waals surface area contributed by atoms with E-state index in [1.807, 2.05) is 0 Å². The largest absolute Gasteiger partial charge is 0.481 e. The van der Waals surface area contributed by atoms with Gasteiger partial charge in [-0.3, -0.25) is 9.59 Å².